The minimum absolute atomic E-state index is 0.0843. The number of nitrogens with zero attached hydrogens (tertiary/aromatic N) is 2. The maximum Gasteiger partial charge on any atom is 0.270 e. The van der Waals surface area contributed by atoms with Crippen LogP contribution < -0.4 is 5.32 Å². The van der Waals surface area contributed by atoms with Crippen LogP contribution in [0.25, 0.3) is 0 Å². The molecule has 0 radical (unpaired) electrons. The van der Waals surface area contributed by atoms with Crippen LogP contribution in [0, 0.1) is 10.1 Å². The van der Waals surface area contributed by atoms with E-state index in [0.717, 1.165) is 12.1 Å². The molecule has 1 heterocycles. The highest BCUT2D eigenvalue weighted by molar-refractivity contribution is 5.94. The van der Waals surface area contributed by atoms with Gasteiger partial charge in [0.1, 0.15) is 0 Å². The number of likely N-dealkylation sites (tertiary alicyclic amines) is 1. The lowest BCUT2D eigenvalue weighted by molar-refractivity contribution is -0.384. The van der Waals surface area contributed by atoms with E-state index in [2.05, 4.69) is 22.3 Å². The molecule has 0 bridgehead atoms. The number of nitrogens with one attached hydrogen (secondary N) is 1. The smallest absolute Gasteiger partial charge is 0.270 e. The van der Waals surface area contributed by atoms with Crippen LogP contribution in [0.4, 0.5) is 5.69 Å². The SMILES string of the molecule is O=C(NCc1ccc(CN2CCCC2)cc1)c1cccc([N+](=O)[O-])c1. The zero-order chi connectivity index (χ0) is 17.6. The van der Waals surface area contributed by atoms with Crippen LogP contribution >= 0.6 is 0 Å². The molecule has 130 valence electrons. The van der Waals surface area contributed by atoms with Gasteiger partial charge < -0.3 is 5.32 Å². The molecule has 1 N–H and O–H groups in total. The molecule has 1 saturated heterocycles. The summed E-state index contributed by atoms with van der Waals surface area (Å²) in [6.07, 6.45) is 2.56. The van der Waals surface area contributed by atoms with Crippen LogP contribution in [-0.2, 0) is 13.1 Å². The van der Waals surface area contributed by atoms with Crippen molar-refractivity contribution in [2.45, 2.75) is 25.9 Å². The van der Waals surface area contributed by atoms with Gasteiger partial charge in [0.2, 0.25) is 0 Å². The molecular formula is C19H21N3O3. The summed E-state index contributed by atoms with van der Waals surface area (Å²) in [5.74, 6) is -0.315. The number of nitro groups is 1. The third-order valence-electron chi connectivity index (χ3n) is 4.40. The Morgan fingerprint density at radius 2 is 1.76 bits per heavy atom. The fourth-order valence-corrected chi connectivity index (χ4v) is 3.01. The van der Waals surface area contributed by atoms with Gasteiger partial charge in [0.05, 0.1) is 4.92 Å². The maximum absolute atomic E-state index is 12.1. The van der Waals surface area contributed by atoms with E-state index in [1.807, 2.05) is 12.1 Å². The number of hydrogen-bond acceptors (Lipinski definition) is 4. The number of amides is 1. The number of carbonyl (C=O) groups excluding carboxylic acids is 1. The summed E-state index contributed by atoms with van der Waals surface area (Å²) in [6, 6.07) is 13.9. The average Bonchev–Trinajstić information content (AvgIpc) is 3.14. The van der Waals surface area contributed by atoms with Gasteiger partial charge in [0, 0.05) is 30.8 Å². The molecule has 2 aromatic carbocycles. The van der Waals surface area contributed by atoms with E-state index in [4.69, 9.17) is 0 Å². The standard InChI is InChI=1S/C19H21N3O3/c23-19(17-4-3-5-18(12-17)22(24)25)20-13-15-6-8-16(9-7-15)14-21-10-1-2-11-21/h3-9,12H,1-2,10-11,13-14H2,(H,20,23). The Morgan fingerprint density at radius 3 is 2.44 bits per heavy atom. The van der Waals surface area contributed by atoms with Crippen molar-refractivity contribution >= 4 is 11.6 Å². The van der Waals surface area contributed by atoms with Crippen molar-refractivity contribution in [2.75, 3.05) is 13.1 Å². The van der Waals surface area contributed by atoms with E-state index in [9.17, 15) is 14.9 Å². The zero-order valence-corrected chi connectivity index (χ0v) is 14.0. The molecule has 2 aromatic rings. The van der Waals surface area contributed by atoms with Crippen molar-refractivity contribution in [1.82, 2.24) is 10.2 Å². The molecule has 25 heavy (non-hydrogen) atoms. The first-order valence-electron chi connectivity index (χ1n) is 8.44. The van der Waals surface area contributed by atoms with Crippen LogP contribution in [0.5, 0.6) is 0 Å². The Hall–Kier alpha value is -2.73. The van der Waals surface area contributed by atoms with E-state index < -0.39 is 4.92 Å². The van der Waals surface area contributed by atoms with E-state index in [1.165, 1.54) is 49.7 Å². The first-order chi connectivity index (χ1) is 12.1. The predicted molar refractivity (Wildman–Crippen MR) is 95.2 cm³/mol. The van der Waals surface area contributed by atoms with Gasteiger partial charge in [-0.15, -0.1) is 0 Å². The summed E-state index contributed by atoms with van der Waals surface area (Å²) >= 11 is 0. The second kappa shape index (κ2) is 7.90. The highest BCUT2D eigenvalue weighted by Gasteiger charge is 2.12. The molecule has 1 amide bonds. The van der Waals surface area contributed by atoms with Gasteiger partial charge in [-0.05, 0) is 43.1 Å². The second-order valence-electron chi connectivity index (χ2n) is 6.29. The van der Waals surface area contributed by atoms with Crippen molar-refractivity contribution < 1.29 is 9.72 Å². The molecule has 0 atom stereocenters. The van der Waals surface area contributed by atoms with Gasteiger partial charge in [0.25, 0.3) is 11.6 Å². The summed E-state index contributed by atoms with van der Waals surface area (Å²) in [5.41, 5.74) is 2.48. The fourth-order valence-electron chi connectivity index (χ4n) is 3.01. The Morgan fingerprint density at radius 1 is 1.08 bits per heavy atom. The third kappa shape index (κ3) is 4.64. The molecule has 3 rings (SSSR count). The van der Waals surface area contributed by atoms with Crippen molar-refractivity contribution in [3.8, 4) is 0 Å². The molecule has 6 heteroatoms. The average molecular weight is 339 g/mol. The van der Waals surface area contributed by atoms with Gasteiger partial charge >= 0.3 is 0 Å². The fraction of sp³-hybridized carbons (Fsp3) is 0.316. The van der Waals surface area contributed by atoms with Gasteiger partial charge in [-0.2, -0.15) is 0 Å². The number of benzene rings is 2. The minimum atomic E-state index is -0.504. The number of nitro benzene ring substituents is 1. The summed E-state index contributed by atoms with van der Waals surface area (Å²) in [7, 11) is 0. The van der Waals surface area contributed by atoms with Crippen LogP contribution in [0.2, 0.25) is 0 Å². The van der Waals surface area contributed by atoms with Crippen molar-refractivity contribution in [3.05, 3.63) is 75.3 Å². The molecule has 1 aliphatic rings. The van der Waals surface area contributed by atoms with E-state index >= 15 is 0 Å². The van der Waals surface area contributed by atoms with Crippen molar-refractivity contribution in [2.24, 2.45) is 0 Å². The van der Waals surface area contributed by atoms with Crippen molar-refractivity contribution in [3.63, 3.8) is 0 Å². The predicted octanol–water partition coefficient (Wildman–Crippen LogP) is 3.12. The number of carbonyl (C=O) groups is 1. The molecule has 0 aliphatic carbocycles. The number of non-ortho nitro benzene ring substituents is 1. The quantitative estimate of drug-likeness (QED) is 0.648. The summed E-state index contributed by atoms with van der Waals surface area (Å²) in [4.78, 5) is 24.9. The summed E-state index contributed by atoms with van der Waals surface area (Å²) in [6.45, 7) is 3.70. The summed E-state index contributed by atoms with van der Waals surface area (Å²) < 4.78 is 0. The Balaban J connectivity index is 1.55. The molecule has 6 nitrogen and oxygen atoms in total. The Bertz CT molecular complexity index is 753. The third-order valence-corrected chi connectivity index (χ3v) is 4.40. The number of rotatable bonds is 6. The highest BCUT2D eigenvalue weighted by atomic mass is 16.6. The monoisotopic (exact) mass is 339 g/mol. The first kappa shape index (κ1) is 17.1. The van der Waals surface area contributed by atoms with E-state index in [-0.39, 0.29) is 11.6 Å². The molecule has 1 fully saturated rings. The minimum Gasteiger partial charge on any atom is -0.348 e. The van der Waals surface area contributed by atoms with Gasteiger partial charge in [0.15, 0.2) is 0 Å². The molecule has 0 aromatic heterocycles. The van der Waals surface area contributed by atoms with Crippen LogP contribution in [0.15, 0.2) is 48.5 Å². The normalized spacial score (nSPS) is 14.4. The van der Waals surface area contributed by atoms with Gasteiger partial charge in [-0.3, -0.25) is 19.8 Å². The zero-order valence-electron chi connectivity index (χ0n) is 14.0. The Kier molecular flexibility index (Phi) is 5.40. The molecule has 0 saturated carbocycles. The van der Waals surface area contributed by atoms with Gasteiger partial charge in [-0.25, -0.2) is 0 Å². The topological polar surface area (TPSA) is 75.5 Å². The van der Waals surface area contributed by atoms with Crippen LogP contribution in [0.3, 0.4) is 0 Å². The molecule has 0 spiro atoms. The molecule has 0 unspecified atom stereocenters. The van der Waals surface area contributed by atoms with Gasteiger partial charge in [-0.1, -0.05) is 30.3 Å². The van der Waals surface area contributed by atoms with Crippen LogP contribution in [0.1, 0.15) is 34.3 Å². The summed E-state index contributed by atoms with van der Waals surface area (Å²) in [5, 5.41) is 13.6. The lowest BCUT2D eigenvalue weighted by Gasteiger charge is -2.14. The Labute approximate surface area is 146 Å². The van der Waals surface area contributed by atoms with Crippen molar-refractivity contribution in [1.29, 1.82) is 0 Å². The second-order valence-corrected chi connectivity index (χ2v) is 6.29. The molecule has 1 aliphatic heterocycles. The first-order valence-corrected chi connectivity index (χ1v) is 8.44. The van der Waals surface area contributed by atoms with E-state index in [0.29, 0.717) is 12.1 Å². The molecular weight excluding hydrogens is 318 g/mol. The number of hydrogen-bond donors (Lipinski definition) is 1. The lowest BCUT2D eigenvalue weighted by Crippen LogP contribution is -2.23. The largest absolute Gasteiger partial charge is 0.348 e. The lowest BCUT2D eigenvalue weighted by atomic mass is 10.1. The van der Waals surface area contributed by atoms with E-state index in [1.54, 1.807) is 6.07 Å². The van der Waals surface area contributed by atoms with Crippen LogP contribution in [-0.4, -0.2) is 28.8 Å². The maximum atomic E-state index is 12.1. The highest BCUT2D eigenvalue weighted by Crippen LogP contribution is 2.15.